The number of nitrogens with zero attached hydrogens (tertiary/aromatic N) is 8. The Labute approximate surface area is 453 Å². The zero-order chi connectivity index (χ0) is 56.6. The van der Waals surface area contributed by atoms with Crippen LogP contribution in [0.2, 0.25) is 0 Å². The summed E-state index contributed by atoms with van der Waals surface area (Å²) in [4.78, 5) is 166. The van der Waals surface area contributed by atoms with Gasteiger partial charge in [0.15, 0.2) is 0 Å². The molecule has 26 heteroatoms. The maximum Gasteiger partial charge on any atom is 0.329 e. The zero-order valence-electron chi connectivity index (χ0n) is 44.5. The second-order valence-electron chi connectivity index (χ2n) is 19.3. The summed E-state index contributed by atoms with van der Waals surface area (Å²) in [5.74, 6) is -10.4. The number of carbonyl (C=O) groups excluding carboxylic acids is 10. The first-order valence-electron chi connectivity index (χ1n) is 24.7. The summed E-state index contributed by atoms with van der Waals surface area (Å²) >= 11 is 2.16. The zero-order valence-corrected chi connectivity index (χ0v) is 46.2. The van der Waals surface area contributed by atoms with Crippen LogP contribution in [0.5, 0.6) is 0 Å². The Balaban J connectivity index is 1.43. The predicted molar refractivity (Wildman–Crippen MR) is 284 cm³/mol. The van der Waals surface area contributed by atoms with E-state index in [1.807, 2.05) is 0 Å². The molecule has 2 saturated heterocycles. The van der Waals surface area contributed by atoms with Crippen molar-refractivity contribution in [1.82, 2.24) is 60.8 Å². The third-order valence-electron chi connectivity index (χ3n) is 13.2. The van der Waals surface area contributed by atoms with Gasteiger partial charge < -0.3 is 50.3 Å². The minimum Gasteiger partial charge on any atom is -0.461 e. The van der Waals surface area contributed by atoms with E-state index >= 15 is 9.59 Å². The van der Waals surface area contributed by atoms with Gasteiger partial charge in [0.2, 0.25) is 35.4 Å². The highest BCUT2D eigenvalue weighted by molar-refractivity contribution is 8.16. The van der Waals surface area contributed by atoms with E-state index in [4.69, 9.17) is 9.47 Å². The highest BCUT2D eigenvalue weighted by Crippen LogP contribution is 2.32. The van der Waals surface area contributed by atoms with Gasteiger partial charge in [-0.2, -0.15) is 0 Å². The van der Waals surface area contributed by atoms with Crippen molar-refractivity contribution in [2.45, 2.75) is 94.5 Å². The number of rotatable bonds is 7. The number of amides is 8. The van der Waals surface area contributed by atoms with Gasteiger partial charge in [0.1, 0.15) is 72.9 Å². The molecule has 2 aromatic carbocycles. The van der Waals surface area contributed by atoms with Gasteiger partial charge in [-0.15, -0.1) is 23.5 Å². The largest absolute Gasteiger partial charge is 0.461 e. The fraction of sp³-hybridized carbons (Fsp3) is 0.490. The van der Waals surface area contributed by atoms with Crippen molar-refractivity contribution in [3.05, 3.63) is 72.3 Å². The topological polar surface area (TPSA) is 302 Å². The highest BCUT2D eigenvalue weighted by atomic mass is 32.2. The minimum absolute atomic E-state index is 0.182. The number of ether oxygens (including phenoxy) is 2. The van der Waals surface area contributed by atoms with E-state index in [2.05, 4.69) is 41.2 Å². The molecule has 9 atom stereocenters. The number of cyclic esters (lactones) is 2. The second kappa shape index (κ2) is 25.6. The number of aromatic nitrogens is 4. The quantitative estimate of drug-likeness (QED) is 0.185. The van der Waals surface area contributed by atoms with E-state index in [9.17, 15) is 38.4 Å². The van der Waals surface area contributed by atoms with E-state index in [1.165, 1.54) is 54.4 Å². The number of likely N-dealkylation sites (N-methyl/N-ethyl adjacent to an activating group) is 4. The fourth-order valence-electron chi connectivity index (χ4n) is 8.88. The van der Waals surface area contributed by atoms with Gasteiger partial charge in [0.05, 0.1) is 39.0 Å². The molecule has 2 aromatic heterocycles. The van der Waals surface area contributed by atoms with Crippen molar-refractivity contribution >= 4 is 105 Å². The molecule has 2 bridgehead atoms. The summed E-state index contributed by atoms with van der Waals surface area (Å²) in [6.45, 7) is 7.69. The van der Waals surface area contributed by atoms with E-state index in [0.717, 1.165) is 43.1 Å². The monoisotopic (exact) mass is 1100 g/mol. The number of fused-ring (bicyclic) bond motifs is 6. The van der Waals surface area contributed by atoms with E-state index in [0.29, 0.717) is 22.1 Å². The van der Waals surface area contributed by atoms with Crippen molar-refractivity contribution in [2.24, 2.45) is 11.8 Å². The first kappa shape index (κ1) is 58.8. The van der Waals surface area contributed by atoms with Crippen LogP contribution in [-0.2, 0) is 47.8 Å². The SMILES string of the molecule is CS[C@@H]1SC[C@H]2C(=O)N(C)[C@@H](C(C)C)C(=O)OC[C@H](NC(=O)c3cnc4ccccc4n3)C(=O)N[C@H](C)C(=O)N(C)[C@@H]1C(=O)N(C)[C@@H](C(C)C)C(=O)OC[C@H](NC(=O)c1cnc3ccccc3n1)C(=O)N[C@H](C)C(=O)N2C. The third-order valence-corrected chi connectivity index (χ3v) is 16.0. The average molecular weight is 1100 g/mol. The van der Waals surface area contributed by atoms with Crippen LogP contribution in [0.15, 0.2) is 60.9 Å². The van der Waals surface area contributed by atoms with Gasteiger partial charge in [-0.3, -0.25) is 48.3 Å². The van der Waals surface area contributed by atoms with Crippen molar-refractivity contribution in [2.75, 3.05) is 53.4 Å². The molecule has 0 spiro atoms. The number of esters is 2. The van der Waals surface area contributed by atoms with Gasteiger partial charge in [-0.05, 0) is 56.2 Å². The number of thioether (sulfide) groups is 2. The smallest absolute Gasteiger partial charge is 0.329 e. The summed E-state index contributed by atoms with van der Waals surface area (Å²) < 4.78 is 10.5. The number of benzene rings is 2. The van der Waals surface area contributed by atoms with Crippen molar-refractivity contribution < 1.29 is 57.4 Å². The predicted octanol–water partition coefficient (Wildman–Crippen LogP) is 0.635. The molecule has 4 aromatic rings. The minimum atomic E-state index is -1.66. The van der Waals surface area contributed by atoms with Crippen molar-refractivity contribution in [1.29, 1.82) is 0 Å². The molecular formula is C51H64N12O12S2. The Bertz CT molecular complexity index is 2930. The molecule has 6 rings (SSSR count). The summed E-state index contributed by atoms with van der Waals surface area (Å²) in [5.41, 5.74) is 1.38. The van der Waals surface area contributed by atoms with E-state index in [1.54, 1.807) is 82.5 Å². The molecule has 0 unspecified atom stereocenters. The lowest BCUT2D eigenvalue weighted by atomic mass is 10.0. The molecule has 4 heterocycles. The van der Waals surface area contributed by atoms with Crippen LogP contribution >= 0.6 is 23.5 Å². The van der Waals surface area contributed by atoms with E-state index in [-0.39, 0.29) is 17.1 Å². The average Bonchev–Trinajstić information content (AvgIpc) is 3.40. The number of hydrogen-bond donors (Lipinski definition) is 4. The molecule has 4 N–H and O–H groups in total. The van der Waals surface area contributed by atoms with Gasteiger partial charge in [0.25, 0.3) is 11.8 Å². The Morgan fingerprint density at radius 1 is 0.610 bits per heavy atom. The van der Waals surface area contributed by atoms with Crippen LogP contribution in [-0.4, -0.2) is 205 Å². The standard InChI is InChI=1S/C51H64N12O12S2/c1-25(2)38-49(72)74-22-36(59-42(65)34-21-53-30-17-13-15-19-32(30)57-34)44(67)55-28(6)46(69)63(10)40-48(71)62(9)39(26(3)4)50(73)75-23-35(58-41(64)33-20-52-29-16-12-14-18-31(29)56-33)43(66)54-27(5)45(68)60(7)37(47(70)61(38)8)24-77-51(40)76-11/h12-21,25-28,35-40,51H,22-24H2,1-11H3,(H,54,66)(H,55,67)(H,58,64)(H,59,65)/t27-,28-,35+,36+,37+,38+,39+,40-,51-/m1/s1. The molecular weight excluding hydrogens is 1040 g/mol. The number of para-hydroxylation sites is 4. The van der Waals surface area contributed by atoms with Crippen LogP contribution in [0.1, 0.15) is 62.5 Å². The molecule has 2 aliphatic rings. The van der Waals surface area contributed by atoms with Gasteiger partial charge >= 0.3 is 11.9 Å². The maximum absolute atomic E-state index is 15.2. The normalized spacial score (nSPS) is 25.4. The van der Waals surface area contributed by atoms with Gasteiger partial charge in [-0.1, -0.05) is 52.0 Å². The Morgan fingerprint density at radius 3 is 1.43 bits per heavy atom. The summed E-state index contributed by atoms with van der Waals surface area (Å²) in [5, 5.41) is 10.2. The van der Waals surface area contributed by atoms with Crippen LogP contribution in [0.25, 0.3) is 22.1 Å². The Kier molecular flexibility index (Phi) is 19.5. The van der Waals surface area contributed by atoms with Gasteiger partial charge in [-0.25, -0.2) is 19.6 Å². The van der Waals surface area contributed by atoms with Crippen molar-refractivity contribution in [3.63, 3.8) is 0 Å². The fourth-order valence-corrected chi connectivity index (χ4v) is 11.4. The van der Waals surface area contributed by atoms with Crippen LogP contribution < -0.4 is 21.3 Å². The molecule has 8 amide bonds. The molecule has 24 nitrogen and oxygen atoms in total. The number of nitrogens with one attached hydrogen (secondary N) is 4. The summed E-state index contributed by atoms with van der Waals surface area (Å²) in [6, 6.07) is 1.79. The van der Waals surface area contributed by atoms with Crippen LogP contribution in [0, 0.1) is 11.8 Å². The van der Waals surface area contributed by atoms with Crippen LogP contribution in [0.3, 0.4) is 0 Å². The lowest BCUT2D eigenvalue weighted by Crippen LogP contribution is -2.60. The second-order valence-corrected chi connectivity index (χ2v) is 21.8. The first-order valence-corrected chi connectivity index (χ1v) is 27.0. The Hall–Kier alpha value is -7.48. The summed E-state index contributed by atoms with van der Waals surface area (Å²) in [6.07, 6.45) is 4.06. The molecule has 2 aliphatic heterocycles. The molecule has 2 fully saturated rings. The lowest BCUT2D eigenvalue weighted by molar-refractivity contribution is -0.160. The Morgan fingerprint density at radius 2 is 1.01 bits per heavy atom. The number of hydrogen-bond acceptors (Lipinski definition) is 18. The van der Waals surface area contributed by atoms with Crippen molar-refractivity contribution in [3.8, 4) is 0 Å². The van der Waals surface area contributed by atoms with Crippen LogP contribution in [0.4, 0.5) is 0 Å². The molecule has 0 saturated carbocycles. The molecule has 0 aliphatic carbocycles. The first-order chi connectivity index (χ1) is 36.4. The lowest BCUT2D eigenvalue weighted by Gasteiger charge is -2.40. The highest BCUT2D eigenvalue weighted by Gasteiger charge is 2.45. The maximum atomic E-state index is 15.2. The number of carbonyl (C=O) groups is 10. The summed E-state index contributed by atoms with van der Waals surface area (Å²) in [7, 11) is 5.32. The van der Waals surface area contributed by atoms with Gasteiger partial charge in [0, 0.05) is 33.9 Å². The third kappa shape index (κ3) is 13.6. The molecule has 412 valence electrons. The van der Waals surface area contributed by atoms with E-state index < -0.39 is 137 Å². The molecule has 77 heavy (non-hydrogen) atoms. The molecule has 0 radical (unpaired) electrons.